The quantitative estimate of drug-likeness (QED) is 0.663. The number of amides is 3. The molecular weight excluding hydrogens is 250 g/mol. The molecule has 7 nitrogen and oxygen atoms in total. The smallest absolute Gasteiger partial charge is 0.317 e. The number of hydrogen-bond acceptors (Lipinski definition) is 3. The number of urea groups is 1. The fourth-order valence-corrected chi connectivity index (χ4v) is 1.99. The van der Waals surface area contributed by atoms with Crippen molar-refractivity contribution >= 4 is 17.9 Å². The van der Waals surface area contributed by atoms with E-state index in [1.165, 1.54) is 0 Å². The molecule has 3 amide bonds. The van der Waals surface area contributed by atoms with Gasteiger partial charge in [0.25, 0.3) is 0 Å². The van der Waals surface area contributed by atoms with Gasteiger partial charge in [-0.25, -0.2) is 4.79 Å². The number of nitrogens with one attached hydrogen (secondary N) is 2. The molecule has 19 heavy (non-hydrogen) atoms. The van der Waals surface area contributed by atoms with Crippen LogP contribution in [-0.4, -0.2) is 54.6 Å². The number of carbonyl (C=O) groups excluding carboxylic acids is 2. The molecule has 1 fully saturated rings. The highest BCUT2D eigenvalue weighted by molar-refractivity contribution is 5.79. The molecule has 0 bridgehead atoms. The molecule has 1 rings (SSSR count). The minimum atomic E-state index is -0.932. The zero-order chi connectivity index (χ0) is 14.4. The highest BCUT2D eigenvalue weighted by atomic mass is 16.4. The van der Waals surface area contributed by atoms with Crippen LogP contribution in [0.25, 0.3) is 0 Å². The number of carbonyl (C=O) groups is 3. The average molecular weight is 271 g/mol. The lowest BCUT2D eigenvalue weighted by Crippen LogP contribution is -2.47. The molecule has 0 saturated carbocycles. The number of rotatable bonds is 4. The van der Waals surface area contributed by atoms with Crippen molar-refractivity contribution < 1.29 is 19.5 Å². The Morgan fingerprint density at radius 2 is 1.89 bits per heavy atom. The fourth-order valence-electron chi connectivity index (χ4n) is 1.99. The fraction of sp³-hybridized carbons (Fsp3) is 0.750. The van der Waals surface area contributed by atoms with Crippen molar-refractivity contribution in [2.24, 2.45) is 11.8 Å². The molecule has 0 aromatic heterocycles. The van der Waals surface area contributed by atoms with Gasteiger partial charge in [0.05, 0.1) is 5.92 Å². The van der Waals surface area contributed by atoms with Crippen LogP contribution in [0.15, 0.2) is 0 Å². The van der Waals surface area contributed by atoms with Crippen molar-refractivity contribution in [2.75, 3.05) is 26.7 Å². The van der Waals surface area contributed by atoms with Crippen LogP contribution in [0, 0.1) is 11.8 Å². The lowest BCUT2D eigenvalue weighted by molar-refractivity contribution is -0.140. The number of carboxylic acid groups (broad SMARTS) is 1. The standard InChI is InChI=1S/C12H21N3O4/c1-8(11(17)18)7-14-12(19)15-5-3-9(4-6-15)10(16)13-2/h8-9H,3-7H2,1-2H3,(H,13,16)(H,14,19)(H,17,18). The molecule has 1 aliphatic heterocycles. The van der Waals surface area contributed by atoms with Crippen molar-refractivity contribution in [1.29, 1.82) is 0 Å². The maximum absolute atomic E-state index is 11.8. The largest absolute Gasteiger partial charge is 0.481 e. The van der Waals surface area contributed by atoms with Gasteiger partial charge in [0.15, 0.2) is 0 Å². The van der Waals surface area contributed by atoms with Crippen LogP contribution in [0.1, 0.15) is 19.8 Å². The number of hydrogen-bond donors (Lipinski definition) is 3. The van der Waals surface area contributed by atoms with Crippen LogP contribution in [0.5, 0.6) is 0 Å². The molecule has 1 unspecified atom stereocenters. The molecule has 1 aliphatic rings. The van der Waals surface area contributed by atoms with Crippen molar-refractivity contribution in [3.63, 3.8) is 0 Å². The first kappa shape index (κ1) is 15.3. The van der Waals surface area contributed by atoms with Crippen molar-refractivity contribution in [2.45, 2.75) is 19.8 Å². The summed E-state index contributed by atoms with van der Waals surface area (Å²) in [5, 5.41) is 13.9. The first-order valence-electron chi connectivity index (χ1n) is 6.43. The monoisotopic (exact) mass is 271 g/mol. The second kappa shape index (κ2) is 6.96. The Labute approximate surface area is 112 Å². The molecule has 1 atom stereocenters. The van der Waals surface area contributed by atoms with Crippen LogP contribution in [0.4, 0.5) is 4.79 Å². The summed E-state index contributed by atoms with van der Waals surface area (Å²) in [6.45, 7) is 2.70. The lowest BCUT2D eigenvalue weighted by Gasteiger charge is -2.31. The second-order valence-corrected chi connectivity index (χ2v) is 4.80. The topological polar surface area (TPSA) is 98.7 Å². The van der Waals surface area contributed by atoms with E-state index in [0.29, 0.717) is 25.9 Å². The first-order chi connectivity index (χ1) is 8.95. The molecule has 3 N–H and O–H groups in total. The predicted molar refractivity (Wildman–Crippen MR) is 68.6 cm³/mol. The molecule has 108 valence electrons. The van der Waals surface area contributed by atoms with Gasteiger partial charge in [0.2, 0.25) is 5.91 Å². The molecule has 7 heteroatoms. The lowest BCUT2D eigenvalue weighted by atomic mass is 9.96. The summed E-state index contributed by atoms with van der Waals surface area (Å²) in [6, 6.07) is -0.261. The molecule has 1 saturated heterocycles. The Bertz CT molecular complexity index is 351. The van der Waals surface area contributed by atoms with Crippen molar-refractivity contribution in [3.05, 3.63) is 0 Å². The zero-order valence-electron chi connectivity index (χ0n) is 11.3. The highest BCUT2D eigenvalue weighted by Gasteiger charge is 2.26. The molecule has 0 aliphatic carbocycles. The third-order valence-electron chi connectivity index (χ3n) is 3.38. The molecule has 0 spiro atoms. The van der Waals surface area contributed by atoms with E-state index in [0.717, 1.165) is 0 Å². The zero-order valence-corrected chi connectivity index (χ0v) is 11.3. The first-order valence-corrected chi connectivity index (χ1v) is 6.43. The van der Waals surface area contributed by atoms with Gasteiger partial charge in [-0.3, -0.25) is 9.59 Å². The van der Waals surface area contributed by atoms with E-state index in [2.05, 4.69) is 10.6 Å². The van der Waals surface area contributed by atoms with Crippen LogP contribution in [0.2, 0.25) is 0 Å². The van der Waals surface area contributed by atoms with Crippen LogP contribution < -0.4 is 10.6 Å². The summed E-state index contributed by atoms with van der Waals surface area (Å²) in [5.74, 6) is -1.56. The Kier molecular flexibility index (Phi) is 5.59. The van der Waals surface area contributed by atoms with Crippen molar-refractivity contribution in [3.8, 4) is 0 Å². The van der Waals surface area contributed by atoms with E-state index in [1.807, 2.05) is 0 Å². The minimum absolute atomic E-state index is 0.0135. The van der Waals surface area contributed by atoms with Gasteiger partial charge >= 0.3 is 12.0 Å². The molecule has 0 aromatic rings. The van der Waals surface area contributed by atoms with E-state index in [9.17, 15) is 14.4 Å². The van der Waals surface area contributed by atoms with Gasteiger partial charge in [-0.15, -0.1) is 0 Å². The van der Waals surface area contributed by atoms with E-state index >= 15 is 0 Å². The Balaban J connectivity index is 2.33. The van der Waals surface area contributed by atoms with Gasteiger partial charge < -0.3 is 20.6 Å². The summed E-state index contributed by atoms with van der Waals surface area (Å²) < 4.78 is 0. The molecule has 0 aromatic carbocycles. The predicted octanol–water partition coefficient (Wildman–Crippen LogP) is -0.125. The highest BCUT2D eigenvalue weighted by Crippen LogP contribution is 2.17. The third-order valence-corrected chi connectivity index (χ3v) is 3.38. The van der Waals surface area contributed by atoms with Gasteiger partial charge in [-0.05, 0) is 12.8 Å². The van der Waals surface area contributed by atoms with Crippen LogP contribution >= 0.6 is 0 Å². The summed E-state index contributed by atoms with van der Waals surface area (Å²) >= 11 is 0. The summed E-state index contributed by atoms with van der Waals surface area (Å²) in [5.41, 5.74) is 0. The Morgan fingerprint density at radius 1 is 1.32 bits per heavy atom. The molecular formula is C12H21N3O4. The number of nitrogens with zero attached hydrogens (tertiary/aromatic N) is 1. The van der Waals surface area contributed by atoms with Crippen LogP contribution in [0.3, 0.4) is 0 Å². The summed E-state index contributed by atoms with van der Waals surface area (Å²) in [7, 11) is 1.61. The van der Waals surface area contributed by atoms with Crippen LogP contribution in [-0.2, 0) is 9.59 Å². The van der Waals surface area contributed by atoms with E-state index in [-0.39, 0.29) is 24.4 Å². The van der Waals surface area contributed by atoms with Gasteiger partial charge in [-0.2, -0.15) is 0 Å². The van der Waals surface area contributed by atoms with E-state index < -0.39 is 11.9 Å². The summed E-state index contributed by atoms with van der Waals surface area (Å²) in [6.07, 6.45) is 1.28. The number of piperidine rings is 1. The maximum atomic E-state index is 11.8. The van der Waals surface area contributed by atoms with Gasteiger partial charge in [-0.1, -0.05) is 6.92 Å². The third kappa shape index (κ3) is 4.42. The maximum Gasteiger partial charge on any atom is 0.317 e. The molecule has 1 heterocycles. The van der Waals surface area contributed by atoms with E-state index in [1.54, 1.807) is 18.9 Å². The number of carboxylic acids is 1. The Hall–Kier alpha value is -1.79. The normalized spacial score (nSPS) is 17.7. The molecule has 0 radical (unpaired) electrons. The van der Waals surface area contributed by atoms with Gasteiger partial charge in [0.1, 0.15) is 0 Å². The van der Waals surface area contributed by atoms with Crippen molar-refractivity contribution in [1.82, 2.24) is 15.5 Å². The van der Waals surface area contributed by atoms with Gasteiger partial charge in [0, 0.05) is 32.6 Å². The Morgan fingerprint density at radius 3 is 2.37 bits per heavy atom. The average Bonchev–Trinajstić information content (AvgIpc) is 2.43. The number of likely N-dealkylation sites (tertiary alicyclic amines) is 1. The van der Waals surface area contributed by atoms with E-state index in [4.69, 9.17) is 5.11 Å². The minimum Gasteiger partial charge on any atom is -0.481 e. The second-order valence-electron chi connectivity index (χ2n) is 4.80. The SMILES string of the molecule is CNC(=O)C1CCN(C(=O)NCC(C)C(=O)O)CC1. The number of aliphatic carboxylic acids is 1. The summed E-state index contributed by atoms with van der Waals surface area (Å²) in [4.78, 5) is 35.5.